The van der Waals surface area contributed by atoms with E-state index < -0.39 is 22.0 Å². The lowest BCUT2D eigenvalue weighted by Gasteiger charge is -2.35. The highest BCUT2D eigenvalue weighted by Crippen LogP contribution is 2.39. The van der Waals surface area contributed by atoms with E-state index in [2.05, 4.69) is 5.32 Å². The molecule has 3 aromatic rings. The summed E-state index contributed by atoms with van der Waals surface area (Å²) < 4.78 is 34.0. The van der Waals surface area contributed by atoms with Crippen LogP contribution in [0, 0.1) is 6.92 Å². The number of anilines is 2. The van der Waals surface area contributed by atoms with Crippen LogP contribution in [0.5, 0.6) is 5.75 Å². The Morgan fingerprint density at radius 3 is 2.59 bits per heavy atom. The smallest absolute Gasteiger partial charge is 0.267 e. The second-order valence-corrected chi connectivity index (χ2v) is 10.5. The number of thioether (sulfide) groups is 1. The minimum Gasteiger partial charge on any atom is -0.476 e. The fourth-order valence-electron chi connectivity index (χ4n) is 3.35. The monoisotopic (exact) mass is 488 g/mol. The maximum Gasteiger partial charge on any atom is 0.267 e. The Morgan fingerprint density at radius 1 is 1.12 bits per heavy atom. The number of halogens is 1. The fraction of sp³-hybridized carbons (Fsp3) is 0.174. The maximum absolute atomic E-state index is 13.5. The van der Waals surface area contributed by atoms with Crippen LogP contribution in [-0.2, 0) is 14.8 Å². The SMILES string of the molecule is CSc1cccc(NC(=O)[C@H]2CN(S(=O)(=O)c3ccc(C)cc3)c3cc(Cl)ccc3O2)c1. The van der Waals surface area contributed by atoms with E-state index in [4.69, 9.17) is 16.3 Å². The van der Waals surface area contributed by atoms with E-state index in [1.165, 1.54) is 10.4 Å². The molecule has 1 heterocycles. The molecule has 1 atom stereocenters. The first-order chi connectivity index (χ1) is 15.3. The Morgan fingerprint density at radius 2 is 1.88 bits per heavy atom. The molecule has 0 aromatic heterocycles. The van der Waals surface area contributed by atoms with Gasteiger partial charge in [0.05, 0.1) is 17.1 Å². The van der Waals surface area contributed by atoms with Crippen LogP contribution in [0.1, 0.15) is 5.56 Å². The minimum absolute atomic E-state index is 0.128. The van der Waals surface area contributed by atoms with Gasteiger partial charge in [0.1, 0.15) is 5.75 Å². The molecule has 0 saturated heterocycles. The second-order valence-electron chi connectivity index (χ2n) is 7.29. The summed E-state index contributed by atoms with van der Waals surface area (Å²) in [6.07, 6.45) is 0.906. The number of benzene rings is 3. The molecule has 0 saturated carbocycles. The molecule has 0 spiro atoms. The predicted molar refractivity (Wildman–Crippen MR) is 128 cm³/mol. The van der Waals surface area contributed by atoms with Gasteiger partial charge in [-0.1, -0.05) is 35.4 Å². The Kier molecular flexibility index (Phi) is 6.37. The molecule has 32 heavy (non-hydrogen) atoms. The number of nitrogens with one attached hydrogen (secondary N) is 1. The van der Waals surface area contributed by atoms with Crippen molar-refractivity contribution in [1.29, 1.82) is 0 Å². The molecule has 0 radical (unpaired) electrons. The third kappa shape index (κ3) is 4.57. The molecular formula is C23H21ClN2O4S2. The van der Waals surface area contributed by atoms with Gasteiger partial charge in [0.2, 0.25) is 0 Å². The number of aryl methyl sites for hydroxylation is 1. The zero-order chi connectivity index (χ0) is 22.9. The fourth-order valence-corrected chi connectivity index (χ4v) is 5.44. The number of hydrogen-bond donors (Lipinski definition) is 1. The van der Waals surface area contributed by atoms with Crippen LogP contribution in [0.3, 0.4) is 0 Å². The average Bonchev–Trinajstić information content (AvgIpc) is 2.78. The lowest BCUT2D eigenvalue weighted by molar-refractivity contribution is -0.122. The molecule has 1 amide bonds. The number of fused-ring (bicyclic) bond motifs is 1. The second kappa shape index (κ2) is 9.05. The highest BCUT2D eigenvalue weighted by Gasteiger charge is 2.37. The number of carbonyl (C=O) groups excluding carboxylic acids is 1. The highest BCUT2D eigenvalue weighted by atomic mass is 35.5. The molecule has 3 aromatic carbocycles. The molecule has 1 aliphatic rings. The Balaban J connectivity index is 1.68. The molecule has 0 aliphatic carbocycles. The van der Waals surface area contributed by atoms with E-state index in [9.17, 15) is 13.2 Å². The van der Waals surface area contributed by atoms with Crippen molar-refractivity contribution < 1.29 is 17.9 Å². The van der Waals surface area contributed by atoms with Gasteiger partial charge < -0.3 is 10.1 Å². The zero-order valence-corrected chi connectivity index (χ0v) is 19.8. The zero-order valence-electron chi connectivity index (χ0n) is 17.4. The van der Waals surface area contributed by atoms with Crippen molar-refractivity contribution in [3.8, 4) is 5.75 Å². The van der Waals surface area contributed by atoms with Crippen molar-refractivity contribution in [3.05, 3.63) is 77.3 Å². The lowest BCUT2D eigenvalue weighted by atomic mass is 10.2. The molecule has 1 N–H and O–H groups in total. The summed E-state index contributed by atoms with van der Waals surface area (Å²) in [5, 5.41) is 3.19. The van der Waals surface area contributed by atoms with Crippen molar-refractivity contribution in [3.63, 3.8) is 0 Å². The molecule has 6 nitrogen and oxygen atoms in total. The first-order valence-corrected chi connectivity index (χ1v) is 12.8. The Labute approximate surface area is 196 Å². The molecule has 1 aliphatic heterocycles. The van der Waals surface area contributed by atoms with E-state index in [-0.39, 0.29) is 17.2 Å². The van der Waals surface area contributed by atoms with Gasteiger partial charge in [-0.3, -0.25) is 9.10 Å². The summed E-state index contributed by atoms with van der Waals surface area (Å²) in [5.74, 6) is -0.165. The number of rotatable bonds is 5. The predicted octanol–water partition coefficient (Wildman–Crippen LogP) is 4.97. The third-order valence-electron chi connectivity index (χ3n) is 5.03. The van der Waals surface area contributed by atoms with Gasteiger partial charge in [0, 0.05) is 15.6 Å². The van der Waals surface area contributed by atoms with Gasteiger partial charge in [-0.15, -0.1) is 11.8 Å². The number of hydrogen-bond acceptors (Lipinski definition) is 5. The van der Waals surface area contributed by atoms with E-state index >= 15 is 0 Å². The van der Waals surface area contributed by atoms with Crippen LogP contribution >= 0.6 is 23.4 Å². The summed E-state index contributed by atoms with van der Waals surface area (Å²) in [6, 6.07) is 18.7. The summed E-state index contributed by atoms with van der Waals surface area (Å²) in [7, 11) is -3.95. The number of carbonyl (C=O) groups is 1. The number of sulfonamides is 1. The first-order valence-electron chi connectivity index (χ1n) is 9.78. The van der Waals surface area contributed by atoms with E-state index in [1.54, 1.807) is 54.2 Å². The van der Waals surface area contributed by atoms with E-state index in [1.807, 2.05) is 31.4 Å². The quantitative estimate of drug-likeness (QED) is 0.513. The Hall–Kier alpha value is -2.68. The van der Waals surface area contributed by atoms with Crippen molar-refractivity contribution in [2.45, 2.75) is 22.8 Å². The maximum atomic E-state index is 13.5. The molecule has 0 unspecified atom stereocenters. The molecule has 0 fully saturated rings. The van der Waals surface area contributed by atoms with Gasteiger partial charge in [-0.2, -0.15) is 0 Å². The average molecular weight is 489 g/mol. The van der Waals surface area contributed by atoms with Crippen molar-refractivity contribution in [2.75, 3.05) is 22.4 Å². The topological polar surface area (TPSA) is 75.7 Å². The highest BCUT2D eigenvalue weighted by molar-refractivity contribution is 7.98. The van der Waals surface area contributed by atoms with Gasteiger partial charge in [-0.25, -0.2) is 8.42 Å². The first kappa shape index (κ1) is 22.5. The molecule has 166 valence electrons. The van der Waals surface area contributed by atoms with Gasteiger partial charge in [-0.05, 0) is 61.7 Å². The van der Waals surface area contributed by atoms with Crippen LogP contribution in [0.25, 0.3) is 0 Å². The summed E-state index contributed by atoms with van der Waals surface area (Å²) >= 11 is 7.69. The van der Waals surface area contributed by atoms with Gasteiger partial charge in [0.25, 0.3) is 15.9 Å². The van der Waals surface area contributed by atoms with Crippen LogP contribution in [0.2, 0.25) is 5.02 Å². The van der Waals surface area contributed by atoms with Crippen molar-refractivity contribution in [2.24, 2.45) is 0 Å². The van der Waals surface area contributed by atoms with E-state index in [0.717, 1.165) is 10.5 Å². The van der Waals surface area contributed by atoms with Crippen LogP contribution in [-0.4, -0.2) is 33.2 Å². The third-order valence-corrected chi connectivity index (χ3v) is 7.78. The molecular weight excluding hydrogens is 468 g/mol. The van der Waals surface area contributed by atoms with E-state index in [0.29, 0.717) is 16.4 Å². The van der Waals surface area contributed by atoms with Crippen LogP contribution < -0.4 is 14.4 Å². The number of ether oxygens (including phenoxy) is 1. The molecule has 0 bridgehead atoms. The summed E-state index contributed by atoms with van der Waals surface area (Å²) in [6.45, 7) is 1.70. The van der Waals surface area contributed by atoms with Crippen LogP contribution in [0.4, 0.5) is 11.4 Å². The van der Waals surface area contributed by atoms with Crippen LogP contribution in [0.15, 0.2) is 76.5 Å². The summed E-state index contributed by atoms with van der Waals surface area (Å²) in [4.78, 5) is 14.1. The summed E-state index contributed by atoms with van der Waals surface area (Å²) in [5.41, 5.74) is 1.85. The largest absolute Gasteiger partial charge is 0.476 e. The number of nitrogens with zero attached hydrogens (tertiary/aromatic N) is 1. The number of amides is 1. The normalized spacial score (nSPS) is 15.6. The standard InChI is InChI=1S/C23H21ClN2O4S2/c1-15-6-9-19(10-7-15)32(28,29)26-14-22(30-21-11-8-16(24)12-20(21)26)23(27)25-17-4-3-5-18(13-17)31-2/h3-13,22H,14H2,1-2H3,(H,25,27)/t22-/m1/s1. The van der Waals surface area contributed by atoms with Gasteiger partial charge >= 0.3 is 0 Å². The van der Waals surface area contributed by atoms with Crippen molar-refractivity contribution >= 4 is 50.7 Å². The molecule has 4 rings (SSSR count). The lowest BCUT2D eigenvalue weighted by Crippen LogP contribution is -2.48. The van der Waals surface area contributed by atoms with Crippen molar-refractivity contribution in [1.82, 2.24) is 0 Å². The van der Waals surface area contributed by atoms with Gasteiger partial charge in [0.15, 0.2) is 6.10 Å². The Bertz CT molecular complexity index is 1260. The minimum atomic E-state index is -3.95. The molecule has 9 heteroatoms.